The Balaban J connectivity index is 1.67. The normalized spacial score (nSPS) is 14.5. The SMILES string of the molecule is C=CCc1cc(C(=O)OC)cc(N2CCC(NC(=O)c3[nH]c(C)c(Cl)c3Cl)CC2)c1. The van der Waals surface area contributed by atoms with Gasteiger partial charge in [-0.1, -0.05) is 29.3 Å². The van der Waals surface area contributed by atoms with Gasteiger partial charge in [-0.3, -0.25) is 4.79 Å². The highest BCUT2D eigenvalue weighted by Crippen LogP contribution is 2.29. The number of aromatic amines is 1. The number of benzene rings is 1. The highest BCUT2D eigenvalue weighted by molar-refractivity contribution is 6.44. The van der Waals surface area contributed by atoms with Crippen molar-refractivity contribution in [3.05, 3.63) is 63.4 Å². The quantitative estimate of drug-likeness (QED) is 0.501. The zero-order chi connectivity index (χ0) is 21.8. The number of anilines is 1. The standard InChI is InChI=1S/C22H25Cl2N3O3/c1-4-5-14-10-15(22(29)30-3)12-17(11-14)27-8-6-16(7-9-27)26-21(28)20-19(24)18(23)13(2)25-20/h4,10-12,16,25H,1,5-9H2,2-3H3,(H,26,28). The number of methoxy groups -OCH3 is 1. The first kappa shape index (κ1) is 22.2. The van der Waals surface area contributed by atoms with E-state index >= 15 is 0 Å². The Hall–Kier alpha value is -2.44. The molecule has 0 spiro atoms. The molecule has 2 aromatic rings. The van der Waals surface area contributed by atoms with Crippen molar-refractivity contribution >= 4 is 40.8 Å². The fourth-order valence-corrected chi connectivity index (χ4v) is 4.06. The number of hydrogen-bond acceptors (Lipinski definition) is 4. The molecule has 1 amide bonds. The van der Waals surface area contributed by atoms with E-state index in [9.17, 15) is 9.59 Å². The smallest absolute Gasteiger partial charge is 0.337 e. The lowest BCUT2D eigenvalue weighted by molar-refractivity contribution is 0.0600. The molecule has 0 unspecified atom stereocenters. The second-order valence-corrected chi connectivity index (χ2v) is 8.12. The zero-order valence-corrected chi connectivity index (χ0v) is 18.6. The summed E-state index contributed by atoms with van der Waals surface area (Å²) in [6.07, 6.45) is 4.02. The zero-order valence-electron chi connectivity index (χ0n) is 17.1. The molecule has 0 bridgehead atoms. The van der Waals surface area contributed by atoms with Gasteiger partial charge in [-0.2, -0.15) is 0 Å². The van der Waals surface area contributed by atoms with E-state index in [4.69, 9.17) is 27.9 Å². The Morgan fingerprint density at radius 2 is 1.97 bits per heavy atom. The molecule has 2 heterocycles. The van der Waals surface area contributed by atoms with Crippen molar-refractivity contribution < 1.29 is 14.3 Å². The average Bonchev–Trinajstić information content (AvgIpc) is 3.01. The molecule has 1 saturated heterocycles. The van der Waals surface area contributed by atoms with Gasteiger partial charge in [-0.25, -0.2) is 4.79 Å². The summed E-state index contributed by atoms with van der Waals surface area (Å²) in [6.45, 7) is 7.05. The third kappa shape index (κ3) is 4.82. The molecule has 1 aromatic heterocycles. The predicted molar refractivity (Wildman–Crippen MR) is 120 cm³/mol. The van der Waals surface area contributed by atoms with Crippen molar-refractivity contribution in [1.82, 2.24) is 10.3 Å². The number of carbonyl (C=O) groups is 2. The molecule has 160 valence electrons. The molecule has 0 atom stereocenters. The number of halogens is 2. The molecule has 1 aliphatic heterocycles. The van der Waals surface area contributed by atoms with Crippen LogP contribution in [-0.2, 0) is 11.2 Å². The summed E-state index contributed by atoms with van der Waals surface area (Å²) in [7, 11) is 1.38. The van der Waals surface area contributed by atoms with Crippen LogP contribution in [0.4, 0.5) is 5.69 Å². The number of rotatable bonds is 6. The third-order valence-corrected chi connectivity index (χ3v) is 6.20. The highest BCUT2D eigenvalue weighted by Gasteiger charge is 2.25. The lowest BCUT2D eigenvalue weighted by Crippen LogP contribution is -2.45. The largest absolute Gasteiger partial charge is 0.465 e. The molecule has 1 fully saturated rings. The van der Waals surface area contributed by atoms with Gasteiger partial charge >= 0.3 is 5.97 Å². The fraction of sp³-hybridized carbons (Fsp3) is 0.364. The summed E-state index contributed by atoms with van der Waals surface area (Å²) < 4.78 is 4.88. The monoisotopic (exact) mass is 449 g/mol. The summed E-state index contributed by atoms with van der Waals surface area (Å²) >= 11 is 12.2. The average molecular weight is 450 g/mol. The molecule has 1 aromatic carbocycles. The number of ether oxygens (including phenoxy) is 1. The number of aryl methyl sites for hydroxylation is 1. The first-order valence-electron chi connectivity index (χ1n) is 9.76. The molecule has 6 nitrogen and oxygen atoms in total. The molecule has 0 aliphatic carbocycles. The third-order valence-electron chi connectivity index (χ3n) is 5.26. The molecule has 3 rings (SSSR count). The summed E-state index contributed by atoms with van der Waals surface area (Å²) in [5.41, 5.74) is 3.46. The number of nitrogens with zero attached hydrogens (tertiary/aromatic N) is 1. The number of esters is 1. The summed E-state index contributed by atoms with van der Waals surface area (Å²) in [5.74, 6) is -0.615. The number of carbonyl (C=O) groups excluding carboxylic acids is 2. The second kappa shape index (κ2) is 9.58. The van der Waals surface area contributed by atoms with E-state index < -0.39 is 0 Å². The van der Waals surface area contributed by atoms with Crippen molar-refractivity contribution in [3.63, 3.8) is 0 Å². The Morgan fingerprint density at radius 1 is 1.27 bits per heavy atom. The van der Waals surface area contributed by atoms with Crippen LogP contribution in [0.2, 0.25) is 10.0 Å². The minimum atomic E-state index is -0.360. The molecular weight excluding hydrogens is 425 g/mol. The summed E-state index contributed by atoms with van der Waals surface area (Å²) in [5, 5.41) is 3.65. The maximum Gasteiger partial charge on any atom is 0.337 e. The minimum absolute atomic E-state index is 0.0311. The van der Waals surface area contributed by atoms with E-state index in [1.165, 1.54) is 7.11 Å². The molecule has 0 saturated carbocycles. The van der Waals surface area contributed by atoms with Gasteiger partial charge in [-0.15, -0.1) is 6.58 Å². The first-order chi connectivity index (χ1) is 14.3. The lowest BCUT2D eigenvalue weighted by Gasteiger charge is -2.34. The highest BCUT2D eigenvalue weighted by atomic mass is 35.5. The van der Waals surface area contributed by atoms with Crippen LogP contribution < -0.4 is 10.2 Å². The van der Waals surface area contributed by atoms with Gasteiger partial charge in [0.1, 0.15) is 5.69 Å². The van der Waals surface area contributed by atoms with Gasteiger partial charge in [0.15, 0.2) is 0 Å². The van der Waals surface area contributed by atoms with E-state index in [1.807, 2.05) is 18.2 Å². The van der Waals surface area contributed by atoms with Crippen LogP contribution in [-0.4, -0.2) is 43.1 Å². The Kier molecular flexibility index (Phi) is 7.10. The van der Waals surface area contributed by atoms with Gasteiger partial charge in [0, 0.05) is 30.5 Å². The van der Waals surface area contributed by atoms with Crippen LogP contribution in [0.15, 0.2) is 30.9 Å². The van der Waals surface area contributed by atoms with Crippen LogP contribution in [0.5, 0.6) is 0 Å². The van der Waals surface area contributed by atoms with Crippen molar-refractivity contribution in [2.24, 2.45) is 0 Å². The van der Waals surface area contributed by atoms with E-state index in [-0.39, 0.29) is 22.9 Å². The van der Waals surface area contributed by atoms with Gasteiger partial charge in [0.05, 0.1) is 22.7 Å². The molecule has 0 radical (unpaired) electrons. The Bertz CT molecular complexity index is 963. The van der Waals surface area contributed by atoms with E-state index in [1.54, 1.807) is 6.92 Å². The predicted octanol–water partition coefficient (Wildman–Crippen LogP) is 4.54. The van der Waals surface area contributed by atoms with Crippen LogP contribution in [0.3, 0.4) is 0 Å². The molecule has 8 heteroatoms. The first-order valence-corrected chi connectivity index (χ1v) is 10.5. The van der Waals surface area contributed by atoms with Gasteiger partial charge in [-0.05, 0) is 49.9 Å². The summed E-state index contributed by atoms with van der Waals surface area (Å²) in [4.78, 5) is 29.7. The number of aromatic nitrogens is 1. The topological polar surface area (TPSA) is 74.4 Å². The number of H-pyrrole nitrogens is 1. The van der Waals surface area contributed by atoms with Crippen LogP contribution in [0, 0.1) is 6.92 Å². The number of hydrogen-bond donors (Lipinski definition) is 2. The summed E-state index contributed by atoms with van der Waals surface area (Å²) in [6, 6.07) is 5.78. The number of piperidine rings is 1. The van der Waals surface area contributed by atoms with Gasteiger partial charge in [0.2, 0.25) is 0 Å². The number of allylic oxidation sites excluding steroid dienone is 1. The number of nitrogens with one attached hydrogen (secondary N) is 2. The lowest BCUT2D eigenvalue weighted by atomic mass is 10.0. The maximum atomic E-state index is 12.6. The maximum absolute atomic E-state index is 12.6. The Labute approximate surface area is 186 Å². The molecule has 2 N–H and O–H groups in total. The van der Waals surface area contributed by atoms with E-state index in [2.05, 4.69) is 27.8 Å². The van der Waals surface area contributed by atoms with Gasteiger partial charge in [0.25, 0.3) is 5.91 Å². The second-order valence-electron chi connectivity index (χ2n) is 7.36. The van der Waals surface area contributed by atoms with E-state index in [0.29, 0.717) is 28.4 Å². The molecular formula is C22H25Cl2N3O3. The molecule has 1 aliphatic rings. The van der Waals surface area contributed by atoms with Gasteiger partial charge < -0.3 is 19.9 Å². The van der Waals surface area contributed by atoms with Crippen molar-refractivity contribution in [1.29, 1.82) is 0 Å². The van der Waals surface area contributed by atoms with Crippen molar-refractivity contribution in [3.8, 4) is 0 Å². The van der Waals surface area contributed by atoms with Crippen molar-refractivity contribution in [2.45, 2.75) is 32.2 Å². The van der Waals surface area contributed by atoms with Crippen LogP contribution in [0.25, 0.3) is 0 Å². The number of amides is 1. The van der Waals surface area contributed by atoms with E-state index in [0.717, 1.165) is 37.2 Å². The van der Waals surface area contributed by atoms with Crippen molar-refractivity contribution in [2.75, 3.05) is 25.1 Å². The Morgan fingerprint density at radius 3 is 2.53 bits per heavy atom. The minimum Gasteiger partial charge on any atom is -0.465 e. The molecule has 30 heavy (non-hydrogen) atoms. The fourth-order valence-electron chi connectivity index (χ4n) is 3.64. The van der Waals surface area contributed by atoms with Crippen LogP contribution in [0.1, 0.15) is 44.9 Å². The van der Waals surface area contributed by atoms with Crippen LogP contribution >= 0.6 is 23.2 Å².